The van der Waals surface area contributed by atoms with Crippen LogP contribution in [0.4, 0.5) is 4.39 Å². The van der Waals surface area contributed by atoms with E-state index in [1.807, 2.05) is 60.7 Å². The number of amides is 1. The summed E-state index contributed by atoms with van der Waals surface area (Å²) in [6.07, 6.45) is 0.690. The summed E-state index contributed by atoms with van der Waals surface area (Å²) in [6.45, 7) is -0.217. The van der Waals surface area contributed by atoms with Crippen molar-refractivity contribution in [2.45, 2.75) is 12.5 Å². The van der Waals surface area contributed by atoms with E-state index in [1.165, 1.54) is 24.3 Å². The Morgan fingerprint density at radius 2 is 1.68 bits per heavy atom. The zero-order valence-electron chi connectivity index (χ0n) is 15.1. The van der Waals surface area contributed by atoms with Gasteiger partial charge in [0.15, 0.2) is 6.61 Å². The predicted molar refractivity (Wildman–Crippen MR) is 104 cm³/mol. The van der Waals surface area contributed by atoms with Crippen LogP contribution < -0.4 is 10.1 Å². The Hall–Kier alpha value is -3.65. The average molecular weight is 374 g/mol. The number of hydrogen-bond donors (Lipinski definition) is 1. The molecule has 28 heavy (non-hydrogen) atoms. The van der Waals surface area contributed by atoms with Crippen molar-refractivity contribution in [3.8, 4) is 11.8 Å². The Labute approximate surface area is 163 Å². The number of nitriles is 1. The van der Waals surface area contributed by atoms with Crippen LogP contribution >= 0.6 is 0 Å². The molecule has 0 aliphatic carbocycles. The van der Waals surface area contributed by atoms with E-state index in [0.717, 1.165) is 11.1 Å². The van der Waals surface area contributed by atoms with Crippen molar-refractivity contribution in [1.82, 2.24) is 5.32 Å². The van der Waals surface area contributed by atoms with E-state index < -0.39 is 17.8 Å². The fourth-order valence-corrected chi connectivity index (χ4v) is 2.80. The zero-order chi connectivity index (χ0) is 19.8. The first-order valence-electron chi connectivity index (χ1n) is 8.85. The van der Waals surface area contributed by atoms with Gasteiger partial charge in [0.25, 0.3) is 5.91 Å². The molecule has 3 aromatic rings. The SMILES string of the molecule is N#C[C@@H](NC(=O)COc1ccccc1Cc1ccccc1)c1ccc(F)cc1. The molecule has 140 valence electrons. The van der Waals surface area contributed by atoms with Gasteiger partial charge in [-0.1, -0.05) is 60.7 Å². The summed E-state index contributed by atoms with van der Waals surface area (Å²) in [5.41, 5.74) is 2.63. The van der Waals surface area contributed by atoms with Crippen LogP contribution in [0.3, 0.4) is 0 Å². The van der Waals surface area contributed by atoms with E-state index in [4.69, 9.17) is 4.74 Å². The first-order chi connectivity index (χ1) is 13.7. The molecular formula is C23H19FN2O2. The lowest BCUT2D eigenvalue weighted by molar-refractivity contribution is -0.123. The Bertz CT molecular complexity index is 966. The molecule has 0 aliphatic heterocycles. The predicted octanol–water partition coefficient (Wildman–Crippen LogP) is 4.18. The smallest absolute Gasteiger partial charge is 0.259 e. The quantitative estimate of drug-likeness (QED) is 0.675. The highest BCUT2D eigenvalue weighted by Crippen LogP contribution is 2.21. The Morgan fingerprint density at radius 1 is 1.00 bits per heavy atom. The third-order valence-corrected chi connectivity index (χ3v) is 4.21. The van der Waals surface area contributed by atoms with Gasteiger partial charge in [-0.25, -0.2) is 4.39 Å². The van der Waals surface area contributed by atoms with Gasteiger partial charge >= 0.3 is 0 Å². The maximum Gasteiger partial charge on any atom is 0.259 e. The Balaban J connectivity index is 1.61. The van der Waals surface area contributed by atoms with E-state index in [2.05, 4.69) is 5.32 Å². The number of carbonyl (C=O) groups is 1. The molecule has 0 fully saturated rings. The average Bonchev–Trinajstić information content (AvgIpc) is 2.73. The van der Waals surface area contributed by atoms with E-state index in [9.17, 15) is 14.4 Å². The van der Waals surface area contributed by atoms with Gasteiger partial charge in [-0.05, 0) is 34.9 Å². The van der Waals surface area contributed by atoms with E-state index in [1.54, 1.807) is 0 Å². The molecule has 1 atom stereocenters. The Morgan fingerprint density at radius 3 is 2.39 bits per heavy atom. The molecule has 3 aromatic carbocycles. The lowest BCUT2D eigenvalue weighted by Gasteiger charge is -2.14. The molecule has 0 saturated heterocycles. The van der Waals surface area contributed by atoms with Crippen LogP contribution in [0.5, 0.6) is 5.75 Å². The zero-order valence-corrected chi connectivity index (χ0v) is 15.1. The van der Waals surface area contributed by atoms with Gasteiger partial charge in [-0.15, -0.1) is 0 Å². The van der Waals surface area contributed by atoms with Crippen molar-refractivity contribution in [2.24, 2.45) is 0 Å². The maximum atomic E-state index is 13.0. The van der Waals surface area contributed by atoms with Gasteiger partial charge in [0, 0.05) is 6.42 Å². The van der Waals surface area contributed by atoms with Gasteiger partial charge in [0.1, 0.15) is 17.6 Å². The van der Waals surface area contributed by atoms with Crippen molar-refractivity contribution in [3.63, 3.8) is 0 Å². The number of benzene rings is 3. The largest absolute Gasteiger partial charge is 0.483 e. The summed E-state index contributed by atoms with van der Waals surface area (Å²) in [6, 6.07) is 24.1. The van der Waals surface area contributed by atoms with Gasteiger partial charge in [-0.3, -0.25) is 4.79 Å². The molecule has 0 saturated carbocycles. The van der Waals surface area contributed by atoms with Crippen LogP contribution in [0.25, 0.3) is 0 Å². The highest BCUT2D eigenvalue weighted by molar-refractivity contribution is 5.78. The number of halogens is 1. The van der Waals surface area contributed by atoms with Crippen LogP contribution in [-0.4, -0.2) is 12.5 Å². The van der Waals surface area contributed by atoms with Crippen LogP contribution in [-0.2, 0) is 11.2 Å². The number of nitrogens with one attached hydrogen (secondary N) is 1. The molecule has 0 unspecified atom stereocenters. The van der Waals surface area contributed by atoms with Crippen LogP contribution in [0.15, 0.2) is 78.9 Å². The summed E-state index contributed by atoms with van der Waals surface area (Å²) >= 11 is 0. The first kappa shape index (κ1) is 19.1. The van der Waals surface area contributed by atoms with E-state index >= 15 is 0 Å². The second kappa shape index (κ2) is 9.33. The number of ether oxygens (including phenoxy) is 1. The minimum absolute atomic E-state index is 0.217. The molecule has 1 amide bonds. The molecule has 0 aromatic heterocycles. The fourth-order valence-electron chi connectivity index (χ4n) is 2.80. The van der Waals surface area contributed by atoms with Crippen molar-refractivity contribution < 1.29 is 13.9 Å². The van der Waals surface area contributed by atoms with Gasteiger partial charge < -0.3 is 10.1 Å². The molecule has 3 rings (SSSR count). The van der Waals surface area contributed by atoms with Crippen molar-refractivity contribution in [2.75, 3.05) is 6.61 Å². The van der Waals surface area contributed by atoms with Crippen LogP contribution in [0, 0.1) is 17.1 Å². The maximum absolute atomic E-state index is 13.0. The first-order valence-corrected chi connectivity index (χ1v) is 8.85. The second-order valence-corrected chi connectivity index (χ2v) is 6.24. The van der Waals surface area contributed by atoms with Gasteiger partial charge in [0.05, 0.1) is 6.07 Å². The minimum Gasteiger partial charge on any atom is -0.483 e. The van der Waals surface area contributed by atoms with Gasteiger partial charge in [0.2, 0.25) is 0 Å². The topological polar surface area (TPSA) is 62.1 Å². The van der Waals surface area contributed by atoms with Crippen molar-refractivity contribution >= 4 is 5.91 Å². The third kappa shape index (κ3) is 5.18. The monoisotopic (exact) mass is 374 g/mol. The molecule has 0 spiro atoms. The normalized spacial score (nSPS) is 11.3. The number of rotatable bonds is 7. The molecule has 4 nitrogen and oxygen atoms in total. The van der Waals surface area contributed by atoms with Crippen molar-refractivity contribution in [1.29, 1.82) is 5.26 Å². The van der Waals surface area contributed by atoms with Crippen LogP contribution in [0.1, 0.15) is 22.7 Å². The summed E-state index contributed by atoms with van der Waals surface area (Å²) in [4.78, 5) is 12.2. The summed E-state index contributed by atoms with van der Waals surface area (Å²) in [5, 5.41) is 11.9. The van der Waals surface area contributed by atoms with E-state index in [-0.39, 0.29) is 6.61 Å². The standard InChI is InChI=1S/C23H19FN2O2/c24-20-12-10-18(11-13-20)21(15-25)26-23(27)16-28-22-9-5-4-8-19(22)14-17-6-2-1-3-7-17/h1-13,21H,14,16H2,(H,26,27)/t21-/m1/s1. The number of carbonyl (C=O) groups excluding carboxylic acids is 1. The van der Waals surface area contributed by atoms with Crippen LogP contribution in [0.2, 0.25) is 0 Å². The molecule has 0 aliphatic rings. The highest BCUT2D eigenvalue weighted by Gasteiger charge is 2.15. The van der Waals surface area contributed by atoms with E-state index in [0.29, 0.717) is 17.7 Å². The summed E-state index contributed by atoms with van der Waals surface area (Å²) in [7, 11) is 0. The lowest BCUT2D eigenvalue weighted by Crippen LogP contribution is -2.32. The number of para-hydroxylation sites is 1. The Kier molecular flexibility index (Phi) is 6.37. The molecule has 0 heterocycles. The summed E-state index contributed by atoms with van der Waals surface area (Å²) < 4.78 is 18.7. The van der Waals surface area contributed by atoms with Crippen molar-refractivity contribution in [3.05, 3.63) is 101 Å². The molecular weight excluding hydrogens is 355 g/mol. The third-order valence-electron chi connectivity index (χ3n) is 4.21. The number of hydrogen-bond acceptors (Lipinski definition) is 3. The lowest BCUT2D eigenvalue weighted by atomic mass is 10.0. The molecule has 5 heteroatoms. The summed E-state index contributed by atoms with van der Waals surface area (Å²) in [5.74, 6) is -0.202. The molecule has 0 radical (unpaired) electrons. The van der Waals surface area contributed by atoms with Gasteiger partial charge in [-0.2, -0.15) is 5.26 Å². The second-order valence-electron chi connectivity index (χ2n) is 6.24. The molecule has 0 bridgehead atoms. The minimum atomic E-state index is -0.865. The fraction of sp³-hybridized carbons (Fsp3) is 0.130. The highest BCUT2D eigenvalue weighted by atomic mass is 19.1. The molecule has 1 N–H and O–H groups in total. The number of nitrogens with zero attached hydrogens (tertiary/aromatic N) is 1.